The third-order valence-corrected chi connectivity index (χ3v) is 19.0. The Balaban J connectivity index is 0.000000144. The topological polar surface area (TPSA) is 134 Å². The minimum atomic E-state index is -1.22. The molecule has 0 spiro atoms. The van der Waals surface area contributed by atoms with Crippen molar-refractivity contribution in [1.82, 2.24) is 20.3 Å². The quantitative estimate of drug-likeness (QED) is 0.0985. The van der Waals surface area contributed by atoms with E-state index < -0.39 is 28.9 Å². The summed E-state index contributed by atoms with van der Waals surface area (Å²) in [5.41, 5.74) is 3.70. The molecule has 0 atom stereocenters. The highest BCUT2D eigenvalue weighted by Gasteiger charge is 2.40. The Hall–Kier alpha value is -3.05. The molecule has 4 aliphatic rings. The van der Waals surface area contributed by atoms with Crippen LogP contribution in [0.15, 0.2) is 70.4 Å². The number of nitrogens with zero attached hydrogens (tertiary/aromatic N) is 4. The Kier molecular flexibility index (Phi) is 17.2. The van der Waals surface area contributed by atoms with Gasteiger partial charge in [-0.1, -0.05) is 68.8 Å². The first-order valence-electron chi connectivity index (χ1n) is 23.8. The van der Waals surface area contributed by atoms with E-state index in [2.05, 4.69) is 68.1 Å². The number of carbonyl (C=O) groups excluding carboxylic acids is 1. The maximum atomic E-state index is 14.5. The lowest BCUT2D eigenvalue weighted by atomic mass is 9.83. The van der Waals surface area contributed by atoms with Crippen molar-refractivity contribution in [2.24, 2.45) is 0 Å². The van der Waals surface area contributed by atoms with Gasteiger partial charge >= 0.3 is 0 Å². The van der Waals surface area contributed by atoms with Crippen LogP contribution in [-0.2, 0) is 33.1 Å². The summed E-state index contributed by atoms with van der Waals surface area (Å²) in [5, 5.41) is 22.4. The van der Waals surface area contributed by atoms with E-state index in [1.54, 1.807) is 30.3 Å². The Bertz CT molecular complexity index is 3410. The van der Waals surface area contributed by atoms with Gasteiger partial charge in [0.25, 0.3) is 0 Å². The summed E-state index contributed by atoms with van der Waals surface area (Å²) in [5.74, 6) is 0.103. The van der Waals surface area contributed by atoms with Crippen molar-refractivity contribution < 1.29 is 46.0 Å². The van der Waals surface area contributed by atoms with Crippen LogP contribution < -0.4 is 0 Å². The number of rotatable bonds is 11. The minimum Gasteiger partial charge on any atom is -0.383 e. The number of hydrogen-bond donors (Lipinski definition) is 1. The van der Waals surface area contributed by atoms with Gasteiger partial charge in [-0.15, -0.1) is 22.7 Å². The van der Waals surface area contributed by atoms with E-state index in [0.717, 1.165) is 83.8 Å². The summed E-state index contributed by atoms with van der Waals surface area (Å²) in [6.45, 7) is 0.694. The van der Waals surface area contributed by atoms with Crippen LogP contribution in [0.4, 0.5) is 17.6 Å². The summed E-state index contributed by atoms with van der Waals surface area (Å²) in [4.78, 5) is 19.7. The van der Waals surface area contributed by atoms with Crippen molar-refractivity contribution in [3.63, 3.8) is 0 Å². The number of thiazole rings is 2. The third kappa shape index (κ3) is 12.1. The third-order valence-electron chi connectivity index (χ3n) is 13.5. The molecule has 4 aromatic carbocycles. The monoisotopic (exact) mass is 1330 g/mol. The molecule has 8 aromatic rings. The van der Waals surface area contributed by atoms with Crippen molar-refractivity contribution in [2.45, 2.75) is 120 Å². The van der Waals surface area contributed by atoms with Crippen LogP contribution in [0.5, 0.6) is 0 Å². The van der Waals surface area contributed by atoms with Crippen molar-refractivity contribution in [2.75, 3.05) is 0 Å². The Morgan fingerprint density at radius 2 is 1.07 bits per heavy atom. The first-order valence-corrected chi connectivity index (χ1v) is 29.4. The second-order valence-electron chi connectivity index (χ2n) is 18.7. The van der Waals surface area contributed by atoms with Gasteiger partial charge in [-0.3, -0.25) is 4.79 Å². The van der Waals surface area contributed by atoms with Gasteiger partial charge in [0, 0.05) is 59.1 Å². The Morgan fingerprint density at radius 1 is 0.640 bits per heavy atom. The lowest BCUT2D eigenvalue weighted by molar-refractivity contribution is -0.123. The van der Waals surface area contributed by atoms with Gasteiger partial charge in [0.05, 0.1) is 74.9 Å². The van der Waals surface area contributed by atoms with E-state index >= 15 is 0 Å². The molecule has 4 aliphatic carbocycles. The maximum Gasteiger partial charge on any atom is 0.160 e. The summed E-state index contributed by atoms with van der Waals surface area (Å²) in [7, 11) is 0. The van der Waals surface area contributed by atoms with Crippen molar-refractivity contribution >= 4 is 143 Å². The number of benzene rings is 4. The fourth-order valence-corrected chi connectivity index (χ4v) is 13.7. The second kappa shape index (κ2) is 23.3. The molecule has 1 N–H and O–H groups in total. The molecule has 0 saturated heterocycles. The summed E-state index contributed by atoms with van der Waals surface area (Å²) in [6.07, 6.45) is 9.02. The van der Waals surface area contributed by atoms with Gasteiger partial charge in [-0.2, -0.15) is 0 Å². The van der Waals surface area contributed by atoms with E-state index in [1.807, 2.05) is 6.07 Å². The van der Waals surface area contributed by atoms with Gasteiger partial charge in [0.1, 0.15) is 50.9 Å². The summed E-state index contributed by atoms with van der Waals surface area (Å²) in [6, 6.07) is 13.1. The minimum absolute atomic E-state index is 0.102. The van der Waals surface area contributed by atoms with Crippen LogP contribution in [0.2, 0.25) is 20.1 Å². The SMILES string of the molecule is Fc1cc2nc(Br)sc2c(F)c1Br.O=C1CCC(OCc2c(-c3c(Cl)cccc3Cl)noc2C2CC2)CC1.OC1(c2nc3cc(F)c(Br)c(F)c3s2)CCC(OCc2c(-c3c(Cl)cccc3Cl)noc2C2CC2)CC1. The number of aromatic nitrogens is 4. The molecule has 0 bridgehead atoms. The van der Waals surface area contributed by atoms with Crippen LogP contribution in [-0.4, -0.2) is 43.4 Å². The standard InChI is InChI=1S/C26H21BrCl2F2N2O3S.C19H19Cl2NO3.C7HBr2F2NS/c27-20-17(30)10-18-24(21(20)31)37-25(32-18)26(34)8-6-13(7-9-26)35-11-14-22(33-36-23(14)12-4-5-12)19-15(28)2-1-3-16(19)29;20-15-2-1-3-16(21)17(15)18-14(19(25-22-18)11-4-5-11)10-24-13-8-6-12(23)7-9-13;8-4-2(10)1-3-6(5(4)11)13-7(9)12-3/h1-3,10,12-13,34H,4-9,11H2;1-3,11,13H,4-10H2;1H. The van der Waals surface area contributed by atoms with E-state index in [4.69, 9.17) is 64.9 Å². The predicted octanol–water partition coefficient (Wildman–Crippen LogP) is 18.2. The fraction of sp³-hybridized carbons (Fsp3) is 0.365. The number of halogens is 11. The number of Topliss-reactive ketones (excluding diaryl/α,β-unsaturated/α-hetero) is 1. The number of carbonyl (C=O) groups is 1. The number of aliphatic hydroxyl groups is 1. The molecule has 0 aliphatic heterocycles. The number of hydrogen-bond acceptors (Lipinski definition) is 12. The smallest absolute Gasteiger partial charge is 0.160 e. The molecule has 0 amide bonds. The van der Waals surface area contributed by atoms with Crippen LogP contribution in [0.25, 0.3) is 42.9 Å². The van der Waals surface area contributed by atoms with Gasteiger partial charge in [0.2, 0.25) is 0 Å². The number of fused-ring (bicyclic) bond motifs is 2. The fourth-order valence-electron chi connectivity index (χ4n) is 9.15. The zero-order valence-corrected chi connectivity index (χ0v) is 48.5. The maximum absolute atomic E-state index is 14.5. The van der Waals surface area contributed by atoms with Gasteiger partial charge in [-0.25, -0.2) is 27.5 Å². The lowest BCUT2D eigenvalue weighted by Gasteiger charge is -2.34. The molecule has 4 saturated carbocycles. The van der Waals surface area contributed by atoms with Crippen LogP contribution in [0.3, 0.4) is 0 Å². The predicted molar refractivity (Wildman–Crippen MR) is 293 cm³/mol. The van der Waals surface area contributed by atoms with Crippen molar-refractivity contribution in [3.8, 4) is 22.5 Å². The Labute approximate surface area is 480 Å². The Morgan fingerprint density at radius 3 is 1.52 bits per heavy atom. The molecule has 4 fully saturated rings. The van der Waals surface area contributed by atoms with E-state index in [1.165, 1.54) is 12.1 Å². The molecule has 12 rings (SSSR count). The highest BCUT2D eigenvalue weighted by atomic mass is 79.9. The highest BCUT2D eigenvalue weighted by Crippen LogP contribution is 2.49. The van der Waals surface area contributed by atoms with Gasteiger partial charge < -0.3 is 23.6 Å². The van der Waals surface area contributed by atoms with Crippen LogP contribution in [0.1, 0.15) is 117 Å². The van der Waals surface area contributed by atoms with E-state index in [9.17, 15) is 27.5 Å². The van der Waals surface area contributed by atoms with E-state index in [0.29, 0.717) is 124 Å². The molecule has 0 radical (unpaired) electrons. The molecular weight excluding hydrogens is 1300 g/mol. The molecule has 394 valence electrons. The van der Waals surface area contributed by atoms with Crippen molar-refractivity contribution in [3.05, 3.63) is 132 Å². The first-order chi connectivity index (χ1) is 36.0. The van der Waals surface area contributed by atoms with Crippen LogP contribution in [0, 0.1) is 23.3 Å². The molecule has 10 nitrogen and oxygen atoms in total. The normalized spacial score (nSPS) is 19.1. The average Bonchev–Trinajstić information content (AvgIpc) is 4.25. The molecule has 23 heteroatoms. The van der Waals surface area contributed by atoms with Gasteiger partial charge in [-0.05, 0) is 136 Å². The summed E-state index contributed by atoms with van der Waals surface area (Å²) < 4.78 is 79.3. The molecule has 0 unspecified atom stereocenters. The molecule has 4 heterocycles. The van der Waals surface area contributed by atoms with Crippen LogP contribution >= 0.6 is 117 Å². The molecule has 4 aromatic heterocycles. The number of ether oxygens (including phenoxy) is 2. The van der Waals surface area contributed by atoms with E-state index in [-0.39, 0.29) is 38.0 Å². The van der Waals surface area contributed by atoms with Gasteiger partial charge in [0.15, 0.2) is 15.6 Å². The largest absolute Gasteiger partial charge is 0.383 e. The average molecular weight is 1340 g/mol. The molecule has 75 heavy (non-hydrogen) atoms. The summed E-state index contributed by atoms with van der Waals surface area (Å²) >= 11 is 36.7. The molecular formula is C52H41Br3Cl4F4N4O6S2. The zero-order valence-electron chi connectivity index (χ0n) is 39.1. The number of ketones is 1. The second-order valence-corrected chi connectivity index (χ2v) is 25.2. The van der Waals surface area contributed by atoms with Crippen molar-refractivity contribution in [1.29, 1.82) is 0 Å². The zero-order chi connectivity index (χ0) is 52.9. The highest BCUT2D eigenvalue weighted by molar-refractivity contribution is 9.11. The lowest BCUT2D eigenvalue weighted by Crippen LogP contribution is -2.34. The first kappa shape index (κ1) is 55.3.